The molecule has 4 nitrogen and oxygen atoms in total. The molecule has 2 heterocycles. The van der Waals surface area contributed by atoms with Gasteiger partial charge in [-0.1, -0.05) is 56.3 Å². The summed E-state index contributed by atoms with van der Waals surface area (Å²) >= 11 is 0. The second kappa shape index (κ2) is 7.97. The summed E-state index contributed by atoms with van der Waals surface area (Å²) in [5.41, 5.74) is 6.11. The number of aromatic amines is 1. The van der Waals surface area contributed by atoms with Gasteiger partial charge in [0.25, 0.3) is 0 Å². The van der Waals surface area contributed by atoms with E-state index in [2.05, 4.69) is 77.5 Å². The van der Waals surface area contributed by atoms with Crippen LogP contribution in [0.15, 0.2) is 54.6 Å². The van der Waals surface area contributed by atoms with Gasteiger partial charge in [0, 0.05) is 42.9 Å². The molecule has 2 aromatic carbocycles. The minimum Gasteiger partial charge on any atom is -0.493 e. The topological polar surface area (TPSA) is 41.1 Å². The van der Waals surface area contributed by atoms with Crippen molar-refractivity contribution in [3.8, 4) is 17.0 Å². The van der Waals surface area contributed by atoms with Gasteiger partial charge in [0.15, 0.2) is 0 Å². The van der Waals surface area contributed by atoms with Crippen LogP contribution >= 0.6 is 0 Å². The van der Waals surface area contributed by atoms with Crippen LogP contribution in [-0.2, 0) is 19.5 Å². The zero-order valence-electron chi connectivity index (χ0n) is 16.1. The molecule has 1 aromatic heterocycles. The van der Waals surface area contributed by atoms with E-state index >= 15 is 0 Å². The molecule has 3 aromatic rings. The Morgan fingerprint density at radius 3 is 2.78 bits per heavy atom. The number of hydrogen-bond acceptors (Lipinski definition) is 3. The summed E-state index contributed by atoms with van der Waals surface area (Å²) in [6.07, 6.45) is 1.01. The maximum absolute atomic E-state index is 5.90. The standard InChI is InChI=1S/C23H27N3O/c1-17(2)16-27-20-10-6-9-19(13-20)23-21-15-26(12-11-22(21)24-25-23)14-18-7-4-3-5-8-18/h3-10,13,17H,11-12,14-16H2,1-2H3,(H,24,25). The number of H-pyrrole nitrogens is 1. The van der Waals surface area contributed by atoms with Crippen molar-refractivity contribution in [2.24, 2.45) is 5.92 Å². The summed E-state index contributed by atoms with van der Waals surface area (Å²) in [5.74, 6) is 1.42. The van der Waals surface area contributed by atoms with Crippen LogP contribution in [0, 0.1) is 5.92 Å². The monoisotopic (exact) mass is 361 g/mol. The third-order valence-electron chi connectivity index (χ3n) is 4.95. The molecule has 0 spiro atoms. The van der Waals surface area contributed by atoms with E-state index < -0.39 is 0 Å². The molecular weight excluding hydrogens is 334 g/mol. The zero-order valence-corrected chi connectivity index (χ0v) is 16.1. The molecule has 0 amide bonds. The SMILES string of the molecule is CC(C)COc1cccc(-c2n[nH]c3c2CN(Cc2ccccc2)CC3)c1. The fraction of sp³-hybridized carbons (Fsp3) is 0.348. The van der Waals surface area contributed by atoms with Crippen LogP contribution < -0.4 is 4.74 Å². The minimum atomic E-state index is 0.512. The number of hydrogen-bond donors (Lipinski definition) is 1. The molecule has 1 N–H and O–H groups in total. The number of fused-ring (bicyclic) bond motifs is 1. The van der Waals surface area contributed by atoms with Gasteiger partial charge in [0.05, 0.1) is 12.3 Å². The highest BCUT2D eigenvalue weighted by atomic mass is 16.5. The van der Waals surface area contributed by atoms with E-state index in [0.29, 0.717) is 5.92 Å². The average molecular weight is 361 g/mol. The van der Waals surface area contributed by atoms with E-state index in [0.717, 1.165) is 49.7 Å². The third-order valence-corrected chi connectivity index (χ3v) is 4.95. The number of benzene rings is 2. The zero-order chi connectivity index (χ0) is 18.6. The summed E-state index contributed by atoms with van der Waals surface area (Å²) in [7, 11) is 0. The predicted molar refractivity (Wildman–Crippen MR) is 109 cm³/mol. The number of rotatable bonds is 6. The Hall–Kier alpha value is -2.59. The summed E-state index contributed by atoms with van der Waals surface area (Å²) in [6.45, 7) is 8.01. The van der Waals surface area contributed by atoms with Crippen LogP contribution in [0.4, 0.5) is 0 Å². The molecule has 0 saturated carbocycles. The maximum Gasteiger partial charge on any atom is 0.119 e. The highest BCUT2D eigenvalue weighted by Gasteiger charge is 2.23. The van der Waals surface area contributed by atoms with E-state index in [1.54, 1.807) is 0 Å². The van der Waals surface area contributed by atoms with E-state index in [9.17, 15) is 0 Å². The van der Waals surface area contributed by atoms with Gasteiger partial charge in [-0.25, -0.2) is 0 Å². The molecule has 4 rings (SSSR count). The summed E-state index contributed by atoms with van der Waals surface area (Å²) in [4.78, 5) is 2.50. The smallest absolute Gasteiger partial charge is 0.119 e. The fourth-order valence-electron chi connectivity index (χ4n) is 3.56. The van der Waals surface area contributed by atoms with Crippen molar-refractivity contribution in [1.29, 1.82) is 0 Å². The lowest BCUT2D eigenvalue weighted by atomic mass is 10.0. The number of nitrogens with zero attached hydrogens (tertiary/aromatic N) is 2. The molecule has 0 fully saturated rings. The minimum absolute atomic E-state index is 0.512. The summed E-state index contributed by atoms with van der Waals surface area (Å²) in [6, 6.07) is 19.0. The first-order valence-electron chi connectivity index (χ1n) is 9.74. The molecule has 1 aliphatic rings. The summed E-state index contributed by atoms with van der Waals surface area (Å²) < 4.78 is 5.90. The molecule has 1 aliphatic heterocycles. The van der Waals surface area contributed by atoms with Crippen LogP contribution in [0.1, 0.15) is 30.7 Å². The van der Waals surface area contributed by atoms with Crippen molar-refractivity contribution < 1.29 is 4.74 Å². The lowest BCUT2D eigenvalue weighted by Crippen LogP contribution is -2.29. The van der Waals surface area contributed by atoms with Crippen molar-refractivity contribution in [1.82, 2.24) is 15.1 Å². The van der Waals surface area contributed by atoms with Gasteiger partial charge in [0.2, 0.25) is 0 Å². The number of nitrogens with one attached hydrogen (secondary N) is 1. The van der Waals surface area contributed by atoms with Crippen LogP contribution in [0.5, 0.6) is 5.75 Å². The van der Waals surface area contributed by atoms with Gasteiger partial charge in [-0.2, -0.15) is 5.10 Å². The van der Waals surface area contributed by atoms with Crippen LogP contribution in [0.3, 0.4) is 0 Å². The normalized spacial score (nSPS) is 14.3. The Morgan fingerprint density at radius 2 is 1.96 bits per heavy atom. The first-order chi connectivity index (χ1) is 13.2. The van der Waals surface area contributed by atoms with E-state index in [-0.39, 0.29) is 0 Å². The molecular formula is C23H27N3O. The van der Waals surface area contributed by atoms with Gasteiger partial charge < -0.3 is 4.74 Å². The van der Waals surface area contributed by atoms with Gasteiger partial charge in [-0.05, 0) is 23.6 Å². The quantitative estimate of drug-likeness (QED) is 0.694. The van der Waals surface area contributed by atoms with Crippen LogP contribution in [0.25, 0.3) is 11.3 Å². The van der Waals surface area contributed by atoms with E-state index in [4.69, 9.17) is 4.74 Å². The Morgan fingerprint density at radius 1 is 1.11 bits per heavy atom. The van der Waals surface area contributed by atoms with Crippen molar-refractivity contribution in [3.63, 3.8) is 0 Å². The number of ether oxygens (including phenoxy) is 1. The highest BCUT2D eigenvalue weighted by Crippen LogP contribution is 2.31. The number of aromatic nitrogens is 2. The molecule has 4 heteroatoms. The Labute approximate surface area is 161 Å². The average Bonchev–Trinajstić information content (AvgIpc) is 3.11. The van der Waals surface area contributed by atoms with Crippen molar-refractivity contribution in [3.05, 3.63) is 71.4 Å². The molecule has 0 bridgehead atoms. The van der Waals surface area contributed by atoms with Gasteiger partial charge in [0.1, 0.15) is 5.75 Å². The molecule has 0 aliphatic carbocycles. The largest absolute Gasteiger partial charge is 0.493 e. The highest BCUT2D eigenvalue weighted by molar-refractivity contribution is 5.66. The Kier molecular flexibility index (Phi) is 5.26. The molecule has 0 atom stereocenters. The first-order valence-corrected chi connectivity index (χ1v) is 9.74. The van der Waals surface area contributed by atoms with Gasteiger partial charge in [-0.15, -0.1) is 0 Å². The Balaban J connectivity index is 1.53. The molecule has 0 saturated heterocycles. The van der Waals surface area contributed by atoms with Crippen LogP contribution in [-0.4, -0.2) is 28.2 Å². The lowest BCUT2D eigenvalue weighted by molar-refractivity contribution is 0.245. The third kappa shape index (κ3) is 4.22. The van der Waals surface area contributed by atoms with E-state index in [1.165, 1.54) is 16.8 Å². The first kappa shape index (κ1) is 17.8. The van der Waals surface area contributed by atoms with Gasteiger partial charge >= 0.3 is 0 Å². The fourth-order valence-corrected chi connectivity index (χ4v) is 3.56. The lowest BCUT2D eigenvalue weighted by Gasteiger charge is -2.27. The predicted octanol–water partition coefficient (Wildman–Crippen LogP) is 4.67. The molecule has 27 heavy (non-hydrogen) atoms. The van der Waals surface area contributed by atoms with Crippen molar-refractivity contribution in [2.45, 2.75) is 33.4 Å². The van der Waals surface area contributed by atoms with E-state index in [1.807, 2.05) is 6.07 Å². The van der Waals surface area contributed by atoms with Crippen molar-refractivity contribution >= 4 is 0 Å². The Bertz CT molecular complexity index is 886. The molecule has 0 unspecified atom stereocenters. The summed E-state index contributed by atoms with van der Waals surface area (Å²) in [5, 5.41) is 7.90. The van der Waals surface area contributed by atoms with Crippen LogP contribution in [0.2, 0.25) is 0 Å². The molecule has 140 valence electrons. The van der Waals surface area contributed by atoms with Crippen molar-refractivity contribution in [2.75, 3.05) is 13.2 Å². The maximum atomic E-state index is 5.90. The molecule has 0 radical (unpaired) electrons. The van der Waals surface area contributed by atoms with Gasteiger partial charge in [-0.3, -0.25) is 10.00 Å². The second-order valence-corrected chi connectivity index (χ2v) is 7.71. The second-order valence-electron chi connectivity index (χ2n) is 7.71.